The van der Waals surface area contributed by atoms with Crippen LogP contribution in [-0.4, -0.2) is 44.3 Å². The van der Waals surface area contributed by atoms with Gasteiger partial charge < -0.3 is 10.0 Å². The number of aromatic nitrogens is 2. The zero-order valence-electron chi connectivity index (χ0n) is 11.0. The Kier molecular flexibility index (Phi) is 3.69. The van der Waals surface area contributed by atoms with Crippen LogP contribution in [0.1, 0.15) is 19.0 Å². The van der Waals surface area contributed by atoms with Gasteiger partial charge in [0.25, 0.3) is 0 Å². The van der Waals surface area contributed by atoms with E-state index in [0.29, 0.717) is 6.54 Å². The third-order valence-corrected chi connectivity index (χ3v) is 3.49. The molecule has 0 spiro atoms. The molecule has 0 bridgehead atoms. The van der Waals surface area contributed by atoms with E-state index >= 15 is 0 Å². The fourth-order valence-corrected chi connectivity index (χ4v) is 2.37. The molecule has 2 unspecified atom stereocenters. The SMILES string of the molecule is CC1CCN(C(=O)/C=C/c2ccnn2C)C1C(=O)O. The Morgan fingerprint density at radius 1 is 1.53 bits per heavy atom. The fourth-order valence-electron chi connectivity index (χ4n) is 2.37. The molecular formula is C13H17N3O3. The molecule has 2 heterocycles. The minimum Gasteiger partial charge on any atom is -0.480 e. The van der Waals surface area contributed by atoms with Crippen molar-refractivity contribution in [2.75, 3.05) is 6.54 Å². The van der Waals surface area contributed by atoms with E-state index in [-0.39, 0.29) is 11.8 Å². The van der Waals surface area contributed by atoms with Crippen molar-refractivity contribution in [1.82, 2.24) is 14.7 Å². The van der Waals surface area contributed by atoms with Gasteiger partial charge >= 0.3 is 5.97 Å². The number of likely N-dealkylation sites (tertiary alicyclic amines) is 1. The van der Waals surface area contributed by atoms with Crippen LogP contribution in [0.25, 0.3) is 6.08 Å². The van der Waals surface area contributed by atoms with Crippen molar-refractivity contribution in [1.29, 1.82) is 0 Å². The highest BCUT2D eigenvalue weighted by Crippen LogP contribution is 2.24. The van der Waals surface area contributed by atoms with Crippen LogP contribution < -0.4 is 0 Å². The largest absolute Gasteiger partial charge is 0.480 e. The normalized spacial score (nSPS) is 23.2. The lowest BCUT2D eigenvalue weighted by Crippen LogP contribution is -2.42. The summed E-state index contributed by atoms with van der Waals surface area (Å²) in [6.45, 7) is 2.35. The summed E-state index contributed by atoms with van der Waals surface area (Å²) in [4.78, 5) is 24.7. The molecule has 1 N–H and O–H groups in total. The van der Waals surface area contributed by atoms with Crippen molar-refractivity contribution < 1.29 is 14.7 Å². The zero-order valence-corrected chi connectivity index (χ0v) is 11.0. The summed E-state index contributed by atoms with van der Waals surface area (Å²) in [5.74, 6) is -1.21. The van der Waals surface area contributed by atoms with E-state index in [1.165, 1.54) is 11.0 Å². The molecule has 2 rings (SSSR count). The molecule has 0 radical (unpaired) electrons. The Morgan fingerprint density at radius 2 is 2.26 bits per heavy atom. The molecular weight excluding hydrogens is 246 g/mol. The summed E-state index contributed by atoms with van der Waals surface area (Å²) in [5.41, 5.74) is 0.799. The minimum absolute atomic E-state index is 0.00782. The van der Waals surface area contributed by atoms with E-state index < -0.39 is 12.0 Å². The lowest BCUT2D eigenvalue weighted by Gasteiger charge is -2.21. The number of aryl methyl sites for hydroxylation is 1. The van der Waals surface area contributed by atoms with Gasteiger partial charge in [0.1, 0.15) is 6.04 Å². The van der Waals surface area contributed by atoms with Crippen molar-refractivity contribution >= 4 is 18.0 Å². The van der Waals surface area contributed by atoms with Crippen LogP contribution >= 0.6 is 0 Å². The highest BCUT2D eigenvalue weighted by atomic mass is 16.4. The number of hydrogen-bond donors (Lipinski definition) is 1. The highest BCUT2D eigenvalue weighted by Gasteiger charge is 2.38. The quantitative estimate of drug-likeness (QED) is 0.817. The molecule has 1 aliphatic heterocycles. The molecule has 1 saturated heterocycles. The van der Waals surface area contributed by atoms with Crippen LogP contribution in [0.3, 0.4) is 0 Å². The average molecular weight is 263 g/mol. The van der Waals surface area contributed by atoms with Crippen LogP contribution in [0.15, 0.2) is 18.3 Å². The first-order valence-corrected chi connectivity index (χ1v) is 6.20. The molecule has 6 heteroatoms. The molecule has 1 fully saturated rings. The van der Waals surface area contributed by atoms with Gasteiger partial charge in [0.2, 0.25) is 5.91 Å². The summed E-state index contributed by atoms with van der Waals surface area (Å²) in [6.07, 6.45) is 5.42. The zero-order chi connectivity index (χ0) is 14.0. The molecule has 19 heavy (non-hydrogen) atoms. The standard InChI is InChI=1S/C13H17N3O3/c1-9-6-8-16(12(9)13(18)19)11(17)4-3-10-5-7-14-15(10)2/h3-5,7,9,12H,6,8H2,1-2H3,(H,18,19)/b4-3+. The summed E-state index contributed by atoms with van der Waals surface area (Å²) < 4.78 is 1.64. The first kappa shape index (κ1) is 13.3. The number of aliphatic carboxylic acids is 1. The molecule has 102 valence electrons. The number of carboxylic acids is 1. The van der Waals surface area contributed by atoms with Crippen molar-refractivity contribution in [2.24, 2.45) is 13.0 Å². The number of carbonyl (C=O) groups is 2. The molecule has 6 nitrogen and oxygen atoms in total. The van der Waals surface area contributed by atoms with Gasteiger partial charge in [-0.05, 0) is 24.5 Å². The number of amides is 1. The van der Waals surface area contributed by atoms with Crippen molar-refractivity contribution in [3.63, 3.8) is 0 Å². The predicted octanol–water partition coefficient (Wildman–Crippen LogP) is 0.755. The number of carboxylic acid groups (broad SMARTS) is 1. The lowest BCUT2D eigenvalue weighted by molar-refractivity contribution is -0.147. The van der Waals surface area contributed by atoms with Crippen LogP contribution in [-0.2, 0) is 16.6 Å². The maximum atomic E-state index is 12.1. The van der Waals surface area contributed by atoms with Gasteiger partial charge in [-0.25, -0.2) is 4.79 Å². The molecule has 2 atom stereocenters. The van der Waals surface area contributed by atoms with Crippen LogP contribution in [0.4, 0.5) is 0 Å². The second-order valence-electron chi connectivity index (χ2n) is 4.79. The van der Waals surface area contributed by atoms with Gasteiger partial charge in [0, 0.05) is 25.9 Å². The maximum absolute atomic E-state index is 12.1. The summed E-state index contributed by atoms with van der Waals surface area (Å²) in [7, 11) is 1.78. The monoisotopic (exact) mass is 263 g/mol. The smallest absolute Gasteiger partial charge is 0.326 e. The van der Waals surface area contributed by atoms with Gasteiger partial charge in [0.15, 0.2) is 0 Å². The average Bonchev–Trinajstić information content (AvgIpc) is 2.92. The third kappa shape index (κ3) is 2.67. The van der Waals surface area contributed by atoms with Gasteiger partial charge in [-0.2, -0.15) is 5.10 Å². The second kappa shape index (κ2) is 5.26. The van der Waals surface area contributed by atoms with Gasteiger partial charge in [-0.15, -0.1) is 0 Å². The molecule has 1 aliphatic rings. The lowest BCUT2D eigenvalue weighted by atomic mass is 10.0. The van der Waals surface area contributed by atoms with Crippen molar-refractivity contribution in [3.8, 4) is 0 Å². The Morgan fingerprint density at radius 3 is 2.84 bits per heavy atom. The highest BCUT2D eigenvalue weighted by molar-refractivity contribution is 5.94. The Balaban J connectivity index is 2.10. The van der Waals surface area contributed by atoms with Crippen LogP contribution in [0.2, 0.25) is 0 Å². The first-order valence-electron chi connectivity index (χ1n) is 6.20. The predicted molar refractivity (Wildman–Crippen MR) is 69.2 cm³/mol. The Bertz CT molecular complexity index is 521. The topological polar surface area (TPSA) is 75.4 Å². The maximum Gasteiger partial charge on any atom is 0.326 e. The molecule has 1 aromatic rings. The van der Waals surface area contributed by atoms with Gasteiger partial charge in [-0.1, -0.05) is 6.92 Å². The van der Waals surface area contributed by atoms with E-state index in [0.717, 1.165) is 12.1 Å². The van der Waals surface area contributed by atoms with Crippen LogP contribution in [0, 0.1) is 5.92 Å². The molecule has 1 aromatic heterocycles. The first-order chi connectivity index (χ1) is 9.00. The third-order valence-electron chi connectivity index (χ3n) is 3.49. The van der Waals surface area contributed by atoms with E-state index in [1.807, 2.05) is 6.92 Å². The van der Waals surface area contributed by atoms with Gasteiger partial charge in [-0.3, -0.25) is 9.48 Å². The van der Waals surface area contributed by atoms with E-state index in [9.17, 15) is 9.59 Å². The van der Waals surface area contributed by atoms with Gasteiger partial charge in [0.05, 0.1) is 5.69 Å². The summed E-state index contributed by atoms with van der Waals surface area (Å²) in [6, 6.07) is 1.06. The van der Waals surface area contributed by atoms with E-state index in [1.54, 1.807) is 30.1 Å². The summed E-state index contributed by atoms with van der Waals surface area (Å²) in [5, 5.41) is 13.2. The Hall–Kier alpha value is -2.11. The number of nitrogens with zero attached hydrogens (tertiary/aromatic N) is 3. The number of carbonyl (C=O) groups excluding carboxylic acids is 1. The number of hydrogen-bond acceptors (Lipinski definition) is 3. The summed E-state index contributed by atoms with van der Waals surface area (Å²) >= 11 is 0. The van der Waals surface area contributed by atoms with Crippen LogP contribution in [0.5, 0.6) is 0 Å². The molecule has 0 aliphatic carbocycles. The van der Waals surface area contributed by atoms with E-state index in [4.69, 9.17) is 5.11 Å². The van der Waals surface area contributed by atoms with E-state index in [2.05, 4.69) is 5.10 Å². The minimum atomic E-state index is -0.938. The fraction of sp³-hybridized carbons (Fsp3) is 0.462. The molecule has 0 saturated carbocycles. The molecule has 1 amide bonds. The second-order valence-corrected chi connectivity index (χ2v) is 4.79. The Labute approximate surface area is 111 Å². The van der Waals surface area contributed by atoms with Crippen molar-refractivity contribution in [2.45, 2.75) is 19.4 Å². The van der Waals surface area contributed by atoms with Crippen molar-refractivity contribution in [3.05, 3.63) is 24.0 Å². The molecule has 0 aromatic carbocycles. The number of rotatable bonds is 3.